The molecular formula is C13H19NO2S. The highest BCUT2D eigenvalue weighted by atomic mass is 32.1. The Morgan fingerprint density at radius 1 is 1.41 bits per heavy atom. The van der Waals surface area contributed by atoms with Gasteiger partial charge in [0, 0.05) is 20.0 Å². The van der Waals surface area contributed by atoms with Crippen LogP contribution in [0.25, 0.3) is 0 Å². The first-order chi connectivity index (χ1) is 8.19. The zero-order valence-electron chi connectivity index (χ0n) is 10.3. The van der Waals surface area contributed by atoms with Crippen molar-refractivity contribution in [2.45, 2.75) is 12.8 Å². The van der Waals surface area contributed by atoms with E-state index in [1.807, 2.05) is 31.3 Å². The van der Waals surface area contributed by atoms with Crippen LogP contribution < -0.4 is 4.74 Å². The fourth-order valence-electron chi connectivity index (χ4n) is 1.61. The Morgan fingerprint density at radius 2 is 2.12 bits per heavy atom. The summed E-state index contributed by atoms with van der Waals surface area (Å²) in [5.41, 5.74) is 1.13. The molecule has 0 aliphatic carbocycles. The number of methoxy groups -OCH3 is 1. The Labute approximate surface area is 108 Å². The van der Waals surface area contributed by atoms with Gasteiger partial charge in [0.1, 0.15) is 5.75 Å². The Kier molecular flexibility index (Phi) is 5.91. The van der Waals surface area contributed by atoms with Crippen LogP contribution >= 0.6 is 12.6 Å². The van der Waals surface area contributed by atoms with E-state index in [0.29, 0.717) is 18.7 Å². The third kappa shape index (κ3) is 4.30. The molecule has 4 heteroatoms. The van der Waals surface area contributed by atoms with Crippen LogP contribution in [0.2, 0.25) is 0 Å². The second-order valence-corrected chi connectivity index (χ2v) is 4.30. The quantitative estimate of drug-likeness (QED) is 0.786. The summed E-state index contributed by atoms with van der Waals surface area (Å²) < 4.78 is 5.27. The van der Waals surface area contributed by atoms with Gasteiger partial charge in [0.15, 0.2) is 0 Å². The maximum Gasteiger partial charge on any atom is 0.223 e. The average Bonchev–Trinajstić information content (AvgIpc) is 2.36. The van der Waals surface area contributed by atoms with Gasteiger partial charge in [0.25, 0.3) is 0 Å². The molecule has 0 saturated heterocycles. The molecule has 0 aromatic heterocycles. The summed E-state index contributed by atoms with van der Waals surface area (Å²) in [4.78, 5) is 13.3. The molecule has 3 nitrogen and oxygen atoms in total. The second-order valence-electron chi connectivity index (χ2n) is 3.85. The largest absolute Gasteiger partial charge is 0.496 e. The number of hydrogen-bond acceptors (Lipinski definition) is 3. The molecule has 0 fully saturated rings. The van der Waals surface area contributed by atoms with E-state index in [9.17, 15) is 4.79 Å². The molecular weight excluding hydrogens is 234 g/mol. The molecule has 1 aromatic rings. The molecule has 0 spiro atoms. The van der Waals surface area contributed by atoms with E-state index < -0.39 is 0 Å². The van der Waals surface area contributed by atoms with Crippen molar-refractivity contribution in [1.29, 1.82) is 0 Å². The number of ether oxygens (including phenoxy) is 1. The van der Waals surface area contributed by atoms with Crippen molar-refractivity contribution in [3.05, 3.63) is 29.8 Å². The van der Waals surface area contributed by atoms with Crippen LogP contribution in [0, 0.1) is 0 Å². The monoisotopic (exact) mass is 253 g/mol. The smallest absolute Gasteiger partial charge is 0.223 e. The highest BCUT2D eigenvalue weighted by Crippen LogP contribution is 2.17. The molecule has 17 heavy (non-hydrogen) atoms. The number of nitrogens with zero attached hydrogens (tertiary/aromatic N) is 1. The molecule has 0 aliphatic heterocycles. The van der Waals surface area contributed by atoms with Crippen LogP contribution in [0.4, 0.5) is 0 Å². The van der Waals surface area contributed by atoms with Gasteiger partial charge in [-0.3, -0.25) is 4.79 Å². The molecule has 0 unspecified atom stereocenters. The van der Waals surface area contributed by atoms with Crippen LogP contribution in [-0.2, 0) is 11.2 Å². The van der Waals surface area contributed by atoms with Crippen molar-refractivity contribution in [2.75, 3.05) is 26.5 Å². The van der Waals surface area contributed by atoms with Gasteiger partial charge in [-0.1, -0.05) is 18.2 Å². The predicted octanol–water partition coefficient (Wildman–Crippen LogP) is 2.02. The minimum Gasteiger partial charge on any atom is -0.496 e. The van der Waals surface area contributed by atoms with Gasteiger partial charge in [0.2, 0.25) is 5.91 Å². The minimum absolute atomic E-state index is 0.134. The highest BCUT2D eigenvalue weighted by Gasteiger charge is 2.08. The molecule has 94 valence electrons. The lowest BCUT2D eigenvalue weighted by Crippen LogP contribution is -2.28. The number of hydrogen-bond donors (Lipinski definition) is 1. The number of carbonyl (C=O) groups excluding carboxylic acids is 1. The number of benzene rings is 1. The molecule has 0 saturated carbocycles. The van der Waals surface area contributed by atoms with Crippen LogP contribution in [-0.4, -0.2) is 37.3 Å². The van der Waals surface area contributed by atoms with Crippen LogP contribution in [0.1, 0.15) is 12.0 Å². The fourth-order valence-corrected chi connectivity index (χ4v) is 1.80. The van der Waals surface area contributed by atoms with Gasteiger partial charge in [-0.2, -0.15) is 12.6 Å². The number of likely N-dealkylation sites (N-methyl/N-ethyl adjacent to an activating group) is 1. The lowest BCUT2D eigenvalue weighted by atomic mass is 10.1. The van der Waals surface area contributed by atoms with Crippen molar-refractivity contribution >= 4 is 18.5 Å². The maximum atomic E-state index is 11.6. The summed E-state index contributed by atoms with van der Waals surface area (Å²) in [6, 6.07) is 7.88. The summed E-state index contributed by atoms with van der Waals surface area (Å²) in [6.07, 6.45) is 1.30. The zero-order chi connectivity index (χ0) is 12.7. The molecule has 1 aromatic carbocycles. The van der Waals surface area contributed by atoms with E-state index in [0.717, 1.165) is 17.7 Å². The topological polar surface area (TPSA) is 29.5 Å². The first kappa shape index (κ1) is 13.9. The summed E-state index contributed by atoms with van der Waals surface area (Å²) in [7, 11) is 3.48. The summed E-state index contributed by atoms with van der Waals surface area (Å²) in [5, 5.41) is 0. The Balaban J connectivity index is 2.52. The van der Waals surface area contributed by atoms with Crippen LogP contribution in [0.15, 0.2) is 24.3 Å². The van der Waals surface area contributed by atoms with Gasteiger partial charge in [-0.15, -0.1) is 0 Å². The van der Waals surface area contributed by atoms with Gasteiger partial charge in [-0.25, -0.2) is 0 Å². The number of thiol groups is 1. The van der Waals surface area contributed by atoms with Crippen molar-refractivity contribution < 1.29 is 9.53 Å². The van der Waals surface area contributed by atoms with Crippen molar-refractivity contribution in [3.63, 3.8) is 0 Å². The van der Waals surface area contributed by atoms with E-state index in [1.54, 1.807) is 12.0 Å². The number of rotatable bonds is 6. The van der Waals surface area contributed by atoms with Crippen LogP contribution in [0.5, 0.6) is 5.75 Å². The zero-order valence-corrected chi connectivity index (χ0v) is 11.2. The molecule has 0 bridgehead atoms. The summed E-state index contributed by atoms with van der Waals surface area (Å²) in [6.45, 7) is 0.701. The lowest BCUT2D eigenvalue weighted by molar-refractivity contribution is -0.129. The molecule has 1 rings (SSSR count). The molecule has 1 amide bonds. The van der Waals surface area contributed by atoms with Crippen molar-refractivity contribution in [1.82, 2.24) is 4.90 Å². The summed E-state index contributed by atoms with van der Waals surface area (Å²) >= 11 is 4.06. The third-order valence-electron chi connectivity index (χ3n) is 2.66. The highest BCUT2D eigenvalue weighted by molar-refractivity contribution is 7.80. The Morgan fingerprint density at radius 3 is 2.76 bits per heavy atom. The Hall–Kier alpha value is -1.16. The number of carbonyl (C=O) groups is 1. The molecule has 0 aliphatic rings. The first-order valence-electron chi connectivity index (χ1n) is 5.65. The third-order valence-corrected chi connectivity index (χ3v) is 2.88. The predicted molar refractivity (Wildman–Crippen MR) is 72.8 cm³/mol. The maximum absolute atomic E-state index is 11.6. The van der Waals surface area contributed by atoms with Crippen LogP contribution in [0.3, 0.4) is 0 Å². The lowest BCUT2D eigenvalue weighted by Gasteiger charge is -2.17. The van der Waals surface area contributed by atoms with Gasteiger partial charge < -0.3 is 9.64 Å². The normalized spacial score (nSPS) is 10.1. The van der Waals surface area contributed by atoms with E-state index >= 15 is 0 Å². The molecule has 0 heterocycles. The van der Waals surface area contributed by atoms with Gasteiger partial charge in [-0.05, 0) is 23.8 Å². The van der Waals surface area contributed by atoms with E-state index in [2.05, 4.69) is 12.6 Å². The van der Waals surface area contributed by atoms with Crippen molar-refractivity contribution in [2.24, 2.45) is 0 Å². The van der Waals surface area contributed by atoms with E-state index in [4.69, 9.17) is 4.74 Å². The fraction of sp³-hybridized carbons (Fsp3) is 0.462. The first-order valence-corrected chi connectivity index (χ1v) is 6.29. The average molecular weight is 253 g/mol. The SMILES string of the molecule is COc1ccccc1CCN(C)C(=O)CCS. The van der Waals surface area contributed by atoms with Crippen molar-refractivity contribution in [3.8, 4) is 5.75 Å². The summed E-state index contributed by atoms with van der Waals surface area (Å²) in [5.74, 6) is 1.61. The molecule has 0 N–H and O–H groups in total. The van der Waals surface area contributed by atoms with Gasteiger partial charge in [0.05, 0.1) is 7.11 Å². The molecule has 0 radical (unpaired) electrons. The Bertz CT molecular complexity index is 368. The second kappa shape index (κ2) is 7.22. The van der Waals surface area contributed by atoms with E-state index in [-0.39, 0.29) is 5.91 Å². The molecule has 0 atom stereocenters. The van der Waals surface area contributed by atoms with Gasteiger partial charge >= 0.3 is 0 Å². The standard InChI is InChI=1S/C13H19NO2S/c1-14(13(15)8-10-17)9-7-11-5-3-4-6-12(11)16-2/h3-6,17H,7-10H2,1-2H3. The number of para-hydroxylation sites is 1. The van der Waals surface area contributed by atoms with E-state index in [1.165, 1.54) is 0 Å². The minimum atomic E-state index is 0.134. The number of amides is 1.